The number of benzene rings is 2. The molecule has 1 nitrogen and oxygen atoms in total. The molecule has 0 amide bonds. The van der Waals surface area contributed by atoms with Gasteiger partial charge in [0, 0.05) is 0 Å². The maximum atomic E-state index is 5.91. The molecule has 2 aliphatic heterocycles. The van der Waals surface area contributed by atoms with Gasteiger partial charge in [0.2, 0.25) is 0 Å². The summed E-state index contributed by atoms with van der Waals surface area (Å²) in [6.45, 7) is 0. The molecular weight excluding hydrogens is 220 g/mol. The van der Waals surface area contributed by atoms with E-state index >= 15 is 0 Å². The second kappa shape index (κ2) is 3.82. The Balaban J connectivity index is 1.76. The number of ether oxygens (including phenoxy) is 1. The Hall–Kier alpha value is -1.86. The van der Waals surface area contributed by atoms with Crippen LogP contribution in [0.15, 0.2) is 60.7 Å². The Morgan fingerprint density at radius 1 is 0.833 bits per heavy atom. The Morgan fingerprint density at radius 2 is 1.67 bits per heavy atom. The lowest BCUT2D eigenvalue weighted by atomic mass is 9.89. The van der Waals surface area contributed by atoms with Crippen LogP contribution in [0.1, 0.15) is 34.5 Å². The largest absolute Gasteiger partial charge is 0.357 e. The Labute approximate surface area is 107 Å². The van der Waals surface area contributed by atoms with E-state index in [1.54, 1.807) is 0 Å². The molecule has 2 heterocycles. The molecule has 0 fully saturated rings. The molecule has 0 radical (unpaired) electrons. The van der Waals surface area contributed by atoms with Crippen LogP contribution in [0.3, 0.4) is 0 Å². The molecule has 2 aromatic carbocycles. The van der Waals surface area contributed by atoms with E-state index in [0.717, 1.165) is 6.42 Å². The molecule has 0 aliphatic carbocycles. The van der Waals surface area contributed by atoms with Crippen molar-refractivity contribution < 1.29 is 4.74 Å². The van der Waals surface area contributed by atoms with E-state index in [2.05, 4.69) is 60.7 Å². The van der Waals surface area contributed by atoms with Crippen molar-refractivity contribution in [1.82, 2.24) is 0 Å². The van der Waals surface area contributed by atoms with Crippen LogP contribution in [0.5, 0.6) is 0 Å². The monoisotopic (exact) mass is 234 g/mol. The van der Waals surface area contributed by atoms with Crippen LogP contribution >= 0.6 is 0 Å². The highest BCUT2D eigenvalue weighted by Gasteiger charge is 2.34. The van der Waals surface area contributed by atoms with Crippen LogP contribution in [-0.4, -0.2) is 0 Å². The Morgan fingerprint density at radius 3 is 2.56 bits per heavy atom. The molecule has 0 spiro atoms. The number of rotatable bonds is 2. The number of hydrogen-bond donors (Lipinski definition) is 0. The van der Waals surface area contributed by atoms with Gasteiger partial charge in [0.1, 0.15) is 12.2 Å². The van der Waals surface area contributed by atoms with Gasteiger partial charge in [-0.2, -0.15) is 0 Å². The zero-order valence-corrected chi connectivity index (χ0v) is 10.0. The maximum absolute atomic E-state index is 5.91. The maximum Gasteiger partial charge on any atom is 0.103 e. The summed E-state index contributed by atoms with van der Waals surface area (Å²) >= 11 is 0. The molecule has 2 aromatic rings. The SMILES string of the molecule is C1=CC2OC1c1cccc(Cc3ccccc3)c12. The predicted octanol–water partition coefficient (Wildman–Crippen LogP) is 3.96. The van der Waals surface area contributed by atoms with Gasteiger partial charge >= 0.3 is 0 Å². The molecule has 4 rings (SSSR count). The molecule has 2 bridgehead atoms. The van der Waals surface area contributed by atoms with Crippen molar-refractivity contribution in [3.63, 3.8) is 0 Å². The second-order valence-electron chi connectivity index (χ2n) is 4.94. The van der Waals surface area contributed by atoms with E-state index in [4.69, 9.17) is 4.74 Å². The fourth-order valence-electron chi connectivity index (χ4n) is 2.99. The average Bonchev–Trinajstić information content (AvgIpc) is 3.02. The van der Waals surface area contributed by atoms with E-state index in [-0.39, 0.29) is 12.2 Å². The van der Waals surface area contributed by atoms with Crippen molar-refractivity contribution in [3.8, 4) is 0 Å². The van der Waals surface area contributed by atoms with Gasteiger partial charge < -0.3 is 4.74 Å². The second-order valence-corrected chi connectivity index (χ2v) is 4.94. The van der Waals surface area contributed by atoms with Gasteiger partial charge in [-0.05, 0) is 28.7 Å². The summed E-state index contributed by atoms with van der Waals surface area (Å²) in [5.41, 5.74) is 5.51. The summed E-state index contributed by atoms with van der Waals surface area (Å²) in [4.78, 5) is 0. The molecule has 2 atom stereocenters. The average molecular weight is 234 g/mol. The van der Waals surface area contributed by atoms with Gasteiger partial charge in [-0.3, -0.25) is 0 Å². The highest BCUT2D eigenvalue weighted by Crippen LogP contribution is 2.47. The topological polar surface area (TPSA) is 9.23 Å². The zero-order valence-electron chi connectivity index (χ0n) is 10.0. The third-order valence-electron chi connectivity index (χ3n) is 3.81. The molecule has 0 saturated heterocycles. The molecule has 2 unspecified atom stereocenters. The normalized spacial score (nSPS) is 23.3. The quantitative estimate of drug-likeness (QED) is 0.715. The van der Waals surface area contributed by atoms with Crippen molar-refractivity contribution in [2.75, 3.05) is 0 Å². The molecule has 88 valence electrons. The van der Waals surface area contributed by atoms with Crippen LogP contribution in [0.25, 0.3) is 0 Å². The summed E-state index contributed by atoms with van der Waals surface area (Å²) in [5, 5.41) is 0. The summed E-state index contributed by atoms with van der Waals surface area (Å²) < 4.78 is 5.91. The van der Waals surface area contributed by atoms with Crippen molar-refractivity contribution in [2.24, 2.45) is 0 Å². The minimum atomic E-state index is 0.185. The molecule has 2 aliphatic rings. The first-order valence-electron chi connectivity index (χ1n) is 6.41. The summed E-state index contributed by atoms with van der Waals surface area (Å²) in [6.07, 6.45) is 5.72. The van der Waals surface area contributed by atoms with Crippen LogP contribution in [-0.2, 0) is 11.2 Å². The van der Waals surface area contributed by atoms with Gasteiger partial charge in [0.05, 0.1) is 0 Å². The fourth-order valence-corrected chi connectivity index (χ4v) is 2.99. The van der Waals surface area contributed by atoms with Crippen LogP contribution in [0.4, 0.5) is 0 Å². The molecule has 0 saturated carbocycles. The van der Waals surface area contributed by atoms with Crippen molar-refractivity contribution in [1.29, 1.82) is 0 Å². The number of hydrogen-bond acceptors (Lipinski definition) is 1. The predicted molar refractivity (Wildman–Crippen MR) is 71.4 cm³/mol. The molecule has 0 aromatic heterocycles. The van der Waals surface area contributed by atoms with E-state index < -0.39 is 0 Å². The van der Waals surface area contributed by atoms with E-state index in [1.165, 1.54) is 22.3 Å². The molecule has 18 heavy (non-hydrogen) atoms. The molecule has 0 N–H and O–H groups in total. The van der Waals surface area contributed by atoms with Crippen LogP contribution in [0.2, 0.25) is 0 Å². The first kappa shape index (κ1) is 10.1. The third-order valence-corrected chi connectivity index (χ3v) is 3.81. The third kappa shape index (κ3) is 1.44. The van der Waals surface area contributed by atoms with Crippen LogP contribution < -0.4 is 0 Å². The van der Waals surface area contributed by atoms with Crippen molar-refractivity contribution in [2.45, 2.75) is 18.6 Å². The van der Waals surface area contributed by atoms with Gasteiger partial charge in [0.25, 0.3) is 0 Å². The first-order valence-corrected chi connectivity index (χ1v) is 6.41. The van der Waals surface area contributed by atoms with E-state index in [1.807, 2.05) is 0 Å². The smallest absolute Gasteiger partial charge is 0.103 e. The van der Waals surface area contributed by atoms with Gasteiger partial charge in [-0.1, -0.05) is 60.7 Å². The van der Waals surface area contributed by atoms with E-state index in [9.17, 15) is 0 Å². The summed E-state index contributed by atoms with van der Waals surface area (Å²) in [6, 6.07) is 17.2. The Kier molecular flexibility index (Phi) is 2.14. The van der Waals surface area contributed by atoms with Gasteiger partial charge in [-0.25, -0.2) is 0 Å². The van der Waals surface area contributed by atoms with Crippen molar-refractivity contribution >= 4 is 0 Å². The molecule has 1 heteroatoms. The highest BCUT2D eigenvalue weighted by molar-refractivity contribution is 5.49. The zero-order chi connectivity index (χ0) is 11.9. The number of fused-ring (bicyclic) bond motifs is 5. The van der Waals surface area contributed by atoms with Crippen LogP contribution in [0, 0.1) is 0 Å². The van der Waals surface area contributed by atoms with Gasteiger partial charge in [-0.15, -0.1) is 0 Å². The van der Waals surface area contributed by atoms with Crippen molar-refractivity contribution in [3.05, 3.63) is 82.9 Å². The Bertz CT molecular complexity index is 613. The van der Waals surface area contributed by atoms with Gasteiger partial charge in [0.15, 0.2) is 0 Å². The lowest BCUT2D eigenvalue weighted by molar-refractivity contribution is 0.0876. The first-order chi connectivity index (χ1) is 8.92. The lowest BCUT2D eigenvalue weighted by Gasteiger charge is -2.13. The minimum Gasteiger partial charge on any atom is -0.357 e. The lowest BCUT2D eigenvalue weighted by Crippen LogP contribution is -2.00. The molecular formula is C17H14O. The minimum absolute atomic E-state index is 0.185. The summed E-state index contributed by atoms with van der Waals surface area (Å²) in [7, 11) is 0. The highest BCUT2D eigenvalue weighted by atomic mass is 16.5. The van der Waals surface area contributed by atoms with E-state index in [0.29, 0.717) is 0 Å². The standard InChI is InChI=1S/C17H14O/c1-2-5-12(6-3-1)11-13-7-4-8-14-15-9-10-16(18-15)17(13)14/h1-10,15-16H,11H2. The fraction of sp³-hybridized carbons (Fsp3) is 0.176. The summed E-state index contributed by atoms with van der Waals surface area (Å²) in [5.74, 6) is 0.